The highest BCUT2D eigenvalue weighted by Crippen LogP contribution is 2.27. The molecule has 0 saturated heterocycles. The molecule has 5 heteroatoms. The molecule has 2 heterocycles. The Hall–Kier alpha value is -1.30. The summed E-state index contributed by atoms with van der Waals surface area (Å²) in [6.07, 6.45) is 1.20. The molecule has 0 fully saturated rings. The second kappa shape index (κ2) is 4.69. The van der Waals surface area contributed by atoms with Crippen LogP contribution in [-0.2, 0) is 0 Å². The number of hydrogen-bond donors (Lipinski definition) is 2. The van der Waals surface area contributed by atoms with Crippen LogP contribution in [0.1, 0.15) is 22.2 Å². The molecular weight excluding hydrogens is 225 g/mol. The summed E-state index contributed by atoms with van der Waals surface area (Å²) in [7, 11) is 0. The molecule has 1 unspecified atom stereocenters. The maximum atomic E-state index is 12.8. The van der Waals surface area contributed by atoms with Gasteiger partial charge in [-0.05, 0) is 36.1 Å². The Morgan fingerprint density at radius 3 is 2.75 bits per heavy atom. The smallest absolute Gasteiger partial charge is 0.141 e. The van der Waals surface area contributed by atoms with Crippen molar-refractivity contribution in [2.24, 2.45) is 5.84 Å². The zero-order valence-corrected chi connectivity index (χ0v) is 9.59. The van der Waals surface area contributed by atoms with Gasteiger partial charge in [0.05, 0.1) is 17.9 Å². The minimum atomic E-state index is -0.345. The van der Waals surface area contributed by atoms with Gasteiger partial charge in [-0.15, -0.1) is 11.3 Å². The molecule has 0 bridgehead atoms. The highest BCUT2D eigenvalue weighted by atomic mass is 32.1. The van der Waals surface area contributed by atoms with Crippen LogP contribution in [-0.4, -0.2) is 4.98 Å². The van der Waals surface area contributed by atoms with E-state index in [1.165, 1.54) is 12.3 Å². The predicted octanol–water partition coefficient (Wildman–Crippen LogP) is 2.14. The molecule has 0 aliphatic heterocycles. The first kappa shape index (κ1) is 11.2. The van der Waals surface area contributed by atoms with Crippen molar-refractivity contribution in [3.05, 3.63) is 51.7 Å². The number of pyridine rings is 1. The first-order valence-corrected chi connectivity index (χ1v) is 5.72. The summed E-state index contributed by atoms with van der Waals surface area (Å²) in [4.78, 5) is 5.13. The van der Waals surface area contributed by atoms with E-state index >= 15 is 0 Å². The monoisotopic (exact) mass is 237 g/mol. The van der Waals surface area contributed by atoms with E-state index in [-0.39, 0.29) is 11.9 Å². The zero-order chi connectivity index (χ0) is 11.5. The molecule has 16 heavy (non-hydrogen) atoms. The van der Waals surface area contributed by atoms with Crippen molar-refractivity contribution in [3.8, 4) is 0 Å². The van der Waals surface area contributed by atoms with Crippen molar-refractivity contribution in [3.63, 3.8) is 0 Å². The number of hydrogen-bond acceptors (Lipinski definition) is 4. The SMILES string of the molecule is Cc1ccsc1C(NN)c1ccc(F)cn1. The van der Waals surface area contributed by atoms with E-state index in [9.17, 15) is 4.39 Å². The van der Waals surface area contributed by atoms with Gasteiger partial charge in [-0.2, -0.15) is 0 Å². The molecule has 2 aromatic rings. The average molecular weight is 237 g/mol. The molecule has 3 nitrogen and oxygen atoms in total. The molecule has 84 valence electrons. The molecule has 0 aliphatic rings. The Kier molecular flexibility index (Phi) is 3.28. The lowest BCUT2D eigenvalue weighted by Gasteiger charge is -2.14. The van der Waals surface area contributed by atoms with E-state index in [0.29, 0.717) is 0 Å². The van der Waals surface area contributed by atoms with E-state index in [1.54, 1.807) is 17.4 Å². The van der Waals surface area contributed by atoms with Crippen LogP contribution in [0.25, 0.3) is 0 Å². The number of nitrogens with two attached hydrogens (primary N) is 1. The summed E-state index contributed by atoms with van der Waals surface area (Å²) >= 11 is 1.61. The van der Waals surface area contributed by atoms with Crippen LogP contribution in [0.15, 0.2) is 29.8 Å². The minimum absolute atomic E-state index is 0.180. The molecule has 2 rings (SSSR count). The van der Waals surface area contributed by atoms with Gasteiger partial charge in [0, 0.05) is 4.88 Å². The third-order valence-electron chi connectivity index (χ3n) is 2.38. The lowest BCUT2D eigenvalue weighted by Crippen LogP contribution is -2.29. The summed E-state index contributed by atoms with van der Waals surface area (Å²) in [5.41, 5.74) is 4.58. The Balaban J connectivity index is 2.37. The van der Waals surface area contributed by atoms with Gasteiger partial charge in [-0.25, -0.2) is 9.82 Å². The van der Waals surface area contributed by atoms with Crippen LogP contribution < -0.4 is 11.3 Å². The molecule has 0 spiro atoms. The van der Waals surface area contributed by atoms with E-state index in [4.69, 9.17) is 5.84 Å². The first-order chi connectivity index (χ1) is 7.72. The fourth-order valence-electron chi connectivity index (χ4n) is 1.53. The van der Waals surface area contributed by atoms with Gasteiger partial charge in [0.15, 0.2) is 0 Å². The van der Waals surface area contributed by atoms with Crippen molar-refractivity contribution in [2.45, 2.75) is 13.0 Å². The van der Waals surface area contributed by atoms with Crippen LogP contribution in [0.5, 0.6) is 0 Å². The highest BCUT2D eigenvalue weighted by Gasteiger charge is 2.16. The summed E-state index contributed by atoms with van der Waals surface area (Å²) < 4.78 is 12.8. The number of nitrogens with zero attached hydrogens (tertiary/aromatic N) is 1. The lowest BCUT2D eigenvalue weighted by molar-refractivity contribution is 0.599. The van der Waals surface area contributed by atoms with Crippen molar-refractivity contribution < 1.29 is 4.39 Å². The molecule has 0 aliphatic carbocycles. The van der Waals surface area contributed by atoms with E-state index < -0.39 is 0 Å². The fourth-order valence-corrected chi connectivity index (χ4v) is 2.53. The molecule has 1 atom stereocenters. The van der Waals surface area contributed by atoms with Crippen LogP contribution in [0.3, 0.4) is 0 Å². The number of halogens is 1. The van der Waals surface area contributed by atoms with Gasteiger partial charge in [0.25, 0.3) is 0 Å². The number of rotatable bonds is 3. The summed E-state index contributed by atoms with van der Waals surface area (Å²) in [6.45, 7) is 2.01. The Morgan fingerprint density at radius 1 is 1.44 bits per heavy atom. The number of hydrazine groups is 1. The topological polar surface area (TPSA) is 50.9 Å². The second-order valence-electron chi connectivity index (χ2n) is 3.47. The molecule has 2 aromatic heterocycles. The van der Waals surface area contributed by atoms with E-state index in [1.807, 2.05) is 18.4 Å². The van der Waals surface area contributed by atoms with Crippen molar-refractivity contribution in [2.75, 3.05) is 0 Å². The lowest BCUT2D eigenvalue weighted by atomic mass is 10.1. The third-order valence-corrected chi connectivity index (χ3v) is 3.46. The summed E-state index contributed by atoms with van der Waals surface area (Å²) in [5.74, 6) is 5.18. The maximum Gasteiger partial charge on any atom is 0.141 e. The number of thiophene rings is 1. The van der Waals surface area contributed by atoms with Crippen molar-refractivity contribution in [1.82, 2.24) is 10.4 Å². The van der Waals surface area contributed by atoms with Crippen LogP contribution in [0, 0.1) is 12.7 Å². The van der Waals surface area contributed by atoms with Crippen LogP contribution >= 0.6 is 11.3 Å². The van der Waals surface area contributed by atoms with Crippen molar-refractivity contribution in [1.29, 1.82) is 0 Å². The first-order valence-electron chi connectivity index (χ1n) is 4.84. The third kappa shape index (κ3) is 2.11. The van der Waals surface area contributed by atoms with Gasteiger partial charge in [0.1, 0.15) is 5.82 Å². The summed E-state index contributed by atoms with van der Waals surface area (Å²) in [6, 6.07) is 4.86. The molecule has 3 N–H and O–H groups in total. The number of aryl methyl sites for hydroxylation is 1. The molecular formula is C11H12FN3S. The van der Waals surface area contributed by atoms with Crippen molar-refractivity contribution >= 4 is 11.3 Å². The highest BCUT2D eigenvalue weighted by molar-refractivity contribution is 7.10. The van der Waals surface area contributed by atoms with Gasteiger partial charge >= 0.3 is 0 Å². The molecule has 0 aromatic carbocycles. The Labute approximate surface area is 97.1 Å². The summed E-state index contributed by atoms with van der Waals surface area (Å²) in [5, 5.41) is 2.00. The normalized spacial score (nSPS) is 12.7. The number of nitrogens with one attached hydrogen (secondary N) is 1. The van der Waals surface area contributed by atoms with E-state index in [0.717, 1.165) is 16.1 Å². The van der Waals surface area contributed by atoms with Gasteiger partial charge in [0.2, 0.25) is 0 Å². The van der Waals surface area contributed by atoms with Crippen LogP contribution in [0.2, 0.25) is 0 Å². The van der Waals surface area contributed by atoms with Gasteiger partial charge < -0.3 is 0 Å². The van der Waals surface area contributed by atoms with Gasteiger partial charge in [-0.1, -0.05) is 0 Å². The average Bonchev–Trinajstić information content (AvgIpc) is 2.69. The second-order valence-corrected chi connectivity index (χ2v) is 4.42. The molecule has 0 radical (unpaired) electrons. The Bertz CT molecular complexity index is 466. The molecule has 0 amide bonds. The van der Waals surface area contributed by atoms with Gasteiger partial charge in [-0.3, -0.25) is 10.8 Å². The zero-order valence-electron chi connectivity index (χ0n) is 8.77. The predicted molar refractivity (Wildman–Crippen MR) is 62.4 cm³/mol. The standard InChI is InChI=1S/C11H12FN3S/c1-7-4-5-16-11(7)10(15-13)9-3-2-8(12)6-14-9/h2-6,10,15H,13H2,1H3. The minimum Gasteiger partial charge on any atom is -0.270 e. The number of aromatic nitrogens is 1. The maximum absolute atomic E-state index is 12.8. The Morgan fingerprint density at radius 2 is 2.25 bits per heavy atom. The molecule has 0 saturated carbocycles. The largest absolute Gasteiger partial charge is 0.270 e. The van der Waals surface area contributed by atoms with Crippen LogP contribution in [0.4, 0.5) is 4.39 Å². The fraction of sp³-hybridized carbons (Fsp3) is 0.182. The quantitative estimate of drug-likeness (QED) is 0.635. The van der Waals surface area contributed by atoms with E-state index in [2.05, 4.69) is 10.4 Å².